The Bertz CT molecular complexity index is 727. The van der Waals surface area contributed by atoms with Gasteiger partial charge in [0.1, 0.15) is 4.87 Å². The monoisotopic (exact) mass is 295 g/mol. The first-order valence-corrected chi connectivity index (χ1v) is 8.34. The van der Waals surface area contributed by atoms with Gasteiger partial charge < -0.3 is 4.90 Å². The summed E-state index contributed by atoms with van der Waals surface area (Å²) in [5.41, 5.74) is 4.49. The minimum Gasteiger partial charge on any atom is -0.316 e. The molecule has 1 unspecified atom stereocenters. The van der Waals surface area contributed by atoms with Crippen LogP contribution in [0.4, 0.5) is 0 Å². The van der Waals surface area contributed by atoms with Crippen LogP contribution < -0.4 is 0 Å². The van der Waals surface area contributed by atoms with Crippen molar-refractivity contribution in [1.29, 1.82) is 0 Å². The maximum absolute atomic E-state index is 12.8. The van der Waals surface area contributed by atoms with Gasteiger partial charge in [-0.1, -0.05) is 48.0 Å². The van der Waals surface area contributed by atoms with Gasteiger partial charge in [-0.2, -0.15) is 0 Å². The second kappa shape index (κ2) is 4.63. The molecular formula is C18H17NOS. The molecule has 2 aliphatic rings. The van der Waals surface area contributed by atoms with Gasteiger partial charge in [0.05, 0.1) is 0 Å². The van der Waals surface area contributed by atoms with Crippen LogP contribution >= 0.6 is 11.8 Å². The summed E-state index contributed by atoms with van der Waals surface area (Å²) in [4.78, 5) is 14.6. The Hall–Kier alpha value is -1.74. The Labute approximate surface area is 129 Å². The van der Waals surface area contributed by atoms with E-state index >= 15 is 0 Å². The molecule has 2 aromatic rings. The number of thioether (sulfide) groups is 1. The largest absolute Gasteiger partial charge is 0.316 e. The van der Waals surface area contributed by atoms with E-state index in [2.05, 4.69) is 42.2 Å². The predicted molar refractivity (Wildman–Crippen MR) is 86.5 cm³/mol. The quantitative estimate of drug-likeness (QED) is 0.798. The maximum atomic E-state index is 12.8. The van der Waals surface area contributed by atoms with Gasteiger partial charge in [-0.05, 0) is 30.7 Å². The van der Waals surface area contributed by atoms with Gasteiger partial charge in [0.2, 0.25) is 0 Å². The third-order valence-electron chi connectivity index (χ3n) is 4.39. The third kappa shape index (κ3) is 1.70. The molecule has 106 valence electrons. The molecule has 0 radical (unpaired) electrons. The molecule has 2 nitrogen and oxygen atoms in total. The minimum atomic E-state index is -0.321. The first-order valence-electron chi connectivity index (χ1n) is 7.36. The Morgan fingerprint density at radius 1 is 1.14 bits per heavy atom. The van der Waals surface area contributed by atoms with E-state index in [0.717, 1.165) is 29.8 Å². The first-order chi connectivity index (χ1) is 10.2. The molecule has 1 amide bonds. The molecule has 0 aliphatic carbocycles. The molecule has 0 spiro atoms. The lowest BCUT2D eigenvalue weighted by Crippen LogP contribution is -2.46. The summed E-state index contributed by atoms with van der Waals surface area (Å²) in [6, 6.07) is 16.7. The highest BCUT2D eigenvalue weighted by Crippen LogP contribution is 2.54. The Morgan fingerprint density at radius 2 is 2.00 bits per heavy atom. The van der Waals surface area contributed by atoms with E-state index in [9.17, 15) is 4.79 Å². The van der Waals surface area contributed by atoms with Gasteiger partial charge >= 0.3 is 0 Å². The number of rotatable bonds is 1. The van der Waals surface area contributed by atoms with Crippen molar-refractivity contribution in [2.24, 2.45) is 0 Å². The fourth-order valence-electron chi connectivity index (χ4n) is 3.51. The van der Waals surface area contributed by atoms with Crippen LogP contribution in [0.5, 0.6) is 0 Å². The molecule has 0 bridgehead atoms. The molecule has 2 aliphatic heterocycles. The van der Waals surface area contributed by atoms with Gasteiger partial charge in [-0.3, -0.25) is 4.79 Å². The summed E-state index contributed by atoms with van der Waals surface area (Å²) >= 11 is 1.89. The van der Waals surface area contributed by atoms with E-state index in [1.54, 1.807) is 0 Å². The van der Waals surface area contributed by atoms with Crippen LogP contribution in [-0.2, 0) is 4.87 Å². The molecule has 0 N–H and O–H groups in total. The fraction of sp³-hybridized carbons (Fsp3) is 0.278. The molecule has 1 saturated heterocycles. The molecule has 2 aromatic carbocycles. The lowest BCUT2D eigenvalue weighted by Gasteiger charge is -2.42. The topological polar surface area (TPSA) is 20.3 Å². The lowest BCUT2D eigenvalue weighted by molar-refractivity contribution is 0.0716. The van der Waals surface area contributed by atoms with E-state index in [1.165, 1.54) is 11.1 Å². The molecule has 0 saturated carbocycles. The van der Waals surface area contributed by atoms with Crippen LogP contribution in [0.25, 0.3) is 0 Å². The smallest absolute Gasteiger partial charge is 0.255 e. The SMILES string of the molecule is Cc1cccc(C23SCCCN2C(=O)c2ccccc23)c1. The lowest BCUT2D eigenvalue weighted by atomic mass is 9.95. The van der Waals surface area contributed by atoms with Crippen LogP contribution in [0.15, 0.2) is 48.5 Å². The second-order valence-electron chi connectivity index (χ2n) is 5.72. The molecule has 4 rings (SSSR count). The van der Waals surface area contributed by atoms with Crippen LogP contribution in [0.1, 0.15) is 33.5 Å². The first kappa shape index (κ1) is 13.0. The van der Waals surface area contributed by atoms with Gasteiger partial charge in [0.15, 0.2) is 0 Å². The van der Waals surface area contributed by atoms with Gasteiger partial charge in [0, 0.05) is 17.7 Å². The van der Waals surface area contributed by atoms with E-state index < -0.39 is 0 Å². The van der Waals surface area contributed by atoms with Gasteiger partial charge in [-0.15, -0.1) is 11.8 Å². The third-order valence-corrected chi connectivity index (χ3v) is 5.98. The highest BCUT2D eigenvalue weighted by molar-refractivity contribution is 8.00. The summed E-state index contributed by atoms with van der Waals surface area (Å²) in [6.45, 7) is 2.95. The predicted octanol–water partition coefficient (Wildman–Crippen LogP) is 3.79. The van der Waals surface area contributed by atoms with Crippen molar-refractivity contribution in [3.63, 3.8) is 0 Å². The van der Waals surface area contributed by atoms with Crippen molar-refractivity contribution in [3.05, 3.63) is 70.8 Å². The van der Waals surface area contributed by atoms with Crippen LogP contribution in [0, 0.1) is 6.92 Å². The zero-order valence-corrected chi connectivity index (χ0v) is 12.8. The zero-order chi connectivity index (χ0) is 14.4. The molecule has 21 heavy (non-hydrogen) atoms. The molecule has 2 heterocycles. The number of hydrogen-bond donors (Lipinski definition) is 0. The van der Waals surface area contributed by atoms with Crippen LogP contribution in [-0.4, -0.2) is 23.1 Å². The van der Waals surface area contributed by atoms with Crippen molar-refractivity contribution in [3.8, 4) is 0 Å². The zero-order valence-electron chi connectivity index (χ0n) is 12.0. The Balaban J connectivity index is 2.00. The number of fused-ring (bicyclic) bond motifs is 3. The van der Waals surface area contributed by atoms with Crippen molar-refractivity contribution in [2.45, 2.75) is 18.2 Å². The summed E-state index contributed by atoms with van der Waals surface area (Å²) in [6.07, 6.45) is 1.07. The summed E-state index contributed by atoms with van der Waals surface area (Å²) in [5.74, 6) is 1.27. The van der Waals surface area contributed by atoms with Crippen molar-refractivity contribution in [1.82, 2.24) is 4.90 Å². The Kier molecular flexibility index (Phi) is 2.86. The van der Waals surface area contributed by atoms with E-state index in [-0.39, 0.29) is 10.8 Å². The molecule has 3 heteroatoms. The van der Waals surface area contributed by atoms with Crippen LogP contribution in [0.3, 0.4) is 0 Å². The highest BCUT2D eigenvalue weighted by Gasteiger charge is 2.52. The molecule has 1 fully saturated rings. The number of nitrogens with zero attached hydrogens (tertiary/aromatic N) is 1. The average Bonchev–Trinajstić information content (AvgIpc) is 2.79. The van der Waals surface area contributed by atoms with Crippen molar-refractivity contribution in [2.75, 3.05) is 12.3 Å². The number of aryl methyl sites for hydroxylation is 1. The molecular weight excluding hydrogens is 278 g/mol. The average molecular weight is 295 g/mol. The second-order valence-corrected chi connectivity index (χ2v) is 7.01. The Morgan fingerprint density at radius 3 is 2.86 bits per heavy atom. The fourth-order valence-corrected chi connectivity index (χ4v) is 5.03. The van der Waals surface area contributed by atoms with Crippen molar-refractivity contribution < 1.29 is 4.79 Å². The van der Waals surface area contributed by atoms with Crippen LogP contribution in [0.2, 0.25) is 0 Å². The van der Waals surface area contributed by atoms with Gasteiger partial charge in [-0.25, -0.2) is 0 Å². The number of carbonyl (C=O) groups is 1. The van der Waals surface area contributed by atoms with Gasteiger partial charge in [0.25, 0.3) is 5.91 Å². The number of hydrogen-bond acceptors (Lipinski definition) is 2. The standard InChI is InChI=1S/C18H17NOS/c1-13-6-4-7-14(12-13)18-16-9-3-2-8-15(16)17(20)19(18)10-5-11-21-18/h2-4,6-9,12H,5,10-11H2,1H3. The van der Waals surface area contributed by atoms with E-state index in [1.807, 2.05) is 30.0 Å². The molecule has 1 atom stereocenters. The number of amides is 1. The number of carbonyl (C=O) groups excluding carboxylic acids is 1. The summed E-state index contributed by atoms with van der Waals surface area (Å²) in [7, 11) is 0. The minimum absolute atomic E-state index is 0.180. The normalized spacial score (nSPS) is 23.9. The van der Waals surface area contributed by atoms with Crippen molar-refractivity contribution >= 4 is 17.7 Å². The highest BCUT2D eigenvalue weighted by atomic mass is 32.2. The summed E-state index contributed by atoms with van der Waals surface area (Å²) < 4.78 is 0. The molecule has 0 aromatic heterocycles. The van der Waals surface area contributed by atoms with E-state index in [0.29, 0.717) is 0 Å². The van der Waals surface area contributed by atoms with E-state index in [4.69, 9.17) is 0 Å². The maximum Gasteiger partial charge on any atom is 0.255 e. The summed E-state index contributed by atoms with van der Waals surface area (Å²) in [5, 5.41) is 0. The number of benzene rings is 2.